The maximum absolute atomic E-state index is 14.1. The molecule has 0 N–H and O–H groups in total. The van der Waals surface area contributed by atoms with Crippen LogP contribution in [0, 0.1) is 10.1 Å². The fourth-order valence-electron chi connectivity index (χ4n) is 3.94. The van der Waals surface area contributed by atoms with Gasteiger partial charge in [0, 0.05) is 67.7 Å². The van der Waals surface area contributed by atoms with Crippen LogP contribution in [-0.4, -0.2) is 67.6 Å². The van der Waals surface area contributed by atoms with Crippen molar-refractivity contribution in [1.82, 2.24) is 4.31 Å². The Kier molecular flexibility index (Phi) is 9.05. The third-order valence-corrected chi connectivity index (χ3v) is 8.20. The van der Waals surface area contributed by atoms with E-state index in [-0.39, 0.29) is 36.8 Å². The van der Waals surface area contributed by atoms with Gasteiger partial charge >= 0.3 is 6.18 Å². The molecule has 0 bridgehead atoms. The molecule has 0 aliphatic carbocycles. The zero-order valence-corrected chi connectivity index (χ0v) is 22.4. The fraction of sp³-hybridized carbons (Fsp3) is 0.429. The van der Waals surface area contributed by atoms with Crippen LogP contribution in [0.2, 0.25) is 0 Å². The number of halogens is 5. The lowest BCUT2D eigenvalue weighted by molar-refractivity contribution is -0.385. The third-order valence-electron chi connectivity index (χ3n) is 5.58. The standard InChI is InChI=1S/C21H23Br2F3N4O4S/c22-6-8-28(9-7-23)20-18(21(24,25)26)14-17(30(31)32)15-19(20)35(33,34)29-12-10-27(11-13-29)16-4-2-1-3-5-16/h1-5,14-15H,6-13H2. The molecule has 1 aliphatic rings. The number of alkyl halides is 5. The Hall–Kier alpha value is -1.90. The van der Waals surface area contributed by atoms with Gasteiger partial charge in [0.15, 0.2) is 0 Å². The van der Waals surface area contributed by atoms with Crippen molar-refractivity contribution in [2.24, 2.45) is 0 Å². The number of para-hydroxylation sites is 1. The first-order valence-corrected chi connectivity index (χ1v) is 14.3. The highest BCUT2D eigenvalue weighted by molar-refractivity contribution is 9.09. The molecule has 14 heteroatoms. The van der Waals surface area contributed by atoms with Gasteiger partial charge < -0.3 is 9.80 Å². The van der Waals surface area contributed by atoms with Crippen molar-refractivity contribution in [3.05, 3.63) is 58.1 Å². The van der Waals surface area contributed by atoms with Gasteiger partial charge in [0.25, 0.3) is 5.69 Å². The number of hydrogen-bond donors (Lipinski definition) is 0. The fourth-order valence-corrected chi connectivity index (χ4v) is 6.47. The van der Waals surface area contributed by atoms with Crippen LogP contribution in [0.5, 0.6) is 0 Å². The number of nitrogens with zero attached hydrogens (tertiary/aromatic N) is 4. The normalized spacial score (nSPS) is 15.3. The molecule has 2 aromatic rings. The van der Waals surface area contributed by atoms with Crippen LogP contribution in [0.25, 0.3) is 0 Å². The van der Waals surface area contributed by atoms with Gasteiger partial charge in [-0.25, -0.2) is 8.42 Å². The summed E-state index contributed by atoms with van der Waals surface area (Å²) in [5.41, 5.74) is -1.96. The van der Waals surface area contributed by atoms with E-state index in [1.165, 1.54) is 4.90 Å². The number of non-ortho nitro benzene ring substituents is 1. The molecule has 2 aromatic carbocycles. The summed E-state index contributed by atoms with van der Waals surface area (Å²) in [6, 6.07) is 10.5. The summed E-state index contributed by atoms with van der Waals surface area (Å²) in [6.07, 6.45) is -5.01. The second-order valence-electron chi connectivity index (χ2n) is 7.69. The monoisotopic (exact) mass is 642 g/mol. The van der Waals surface area contributed by atoms with Crippen LogP contribution in [0.1, 0.15) is 5.56 Å². The Balaban J connectivity index is 2.10. The summed E-state index contributed by atoms with van der Waals surface area (Å²) in [4.78, 5) is 13.0. The van der Waals surface area contributed by atoms with E-state index in [1.54, 1.807) is 0 Å². The second kappa shape index (κ2) is 11.4. The topological polar surface area (TPSA) is 87.0 Å². The minimum Gasteiger partial charge on any atom is -0.369 e. The van der Waals surface area contributed by atoms with Crippen molar-refractivity contribution < 1.29 is 26.5 Å². The van der Waals surface area contributed by atoms with Gasteiger partial charge in [-0.15, -0.1) is 0 Å². The summed E-state index contributed by atoms with van der Waals surface area (Å²) < 4.78 is 70.7. The van der Waals surface area contributed by atoms with E-state index in [0.29, 0.717) is 19.2 Å². The summed E-state index contributed by atoms with van der Waals surface area (Å²) in [5.74, 6) is 0. The van der Waals surface area contributed by atoms with Crippen molar-refractivity contribution in [3.63, 3.8) is 0 Å². The highest BCUT2D eigenvalue weighted by Gasteiger charge is 2.42. The molecule has 0 unspecified atom stereocenters. The van der Waals surface area contributed by atoms with Crippen LogP contribution in [0.4, 0.5) is 30.2 Å². The Morgan fingerprint density at radius 1 is 1.00 bits per heavy atom. The predicted molar refractivity (Wildman–Crippen MR) is 135 cm³/mol. The number of nitro benzene ring substituents is 1. The molecular weight excluding hydrogens is 621 g/mol. The van der Waals surface area contributed by atoms with E-state index < -0.39 is 43.0 Å². The van der Waals surface area contributed by atoms with Gasteiger partial charge in [0.2, 0.25) is 10.0 Å². The molecule has 0 spiro atoms. The zero-order chi connectivity index (χ0) is 25.8. The molecule has 0 amide bonds. The maximum atomic E-state index is 14.1. The molecule has 0 radical (unpaired) electrons. The molecule has 1 fully saturated rings. The van der Waals surface area contributed by atoms with Crippen LogP contribution in [-0.2, 0) is 16.2 Å². The van der Waals surface area contributed by atoms with Gasteiger partial charge in [-0.1, -0.05) is 50.1 Å². The van der Waals surface area contributed by atoms with Crippen LogP contribution in [0.3, 0.4) is 0 Å². The van der Waals surface area contributed by atoms with Gasteiger partial charge in [-0.05, 0) is 12.1 Å². The smallest absolute Gasteiger partial charge is 0.369 e. The number of hydrogen-bond acceptors (Lipinski definition) is 6. The van der Waals surface area contributed by atoms with Crippen molar-refractivity contribution in [1.29, 1.82) is 0 Å². The summed E-state index contributed by atoms with van der Waals surface area (Å²) >= 11 is 6.40. The van der Waals surface area contributed by atoms with E-state index >= 15 is 0 Å². The van der Waals surface area contributed by atoms with Crippen molar-refractivity contribution >= 4 is 58.9 Å². The van der Waals surface area contributed by atoms with Gasteiger partial charge in [0.1, 0.15) is 4.90 Å². The molecular formula is C21H23Br2F3N4O4S. The summed E-state index contributed by atoms with van der Waals surface area (Å²) in [6.45, 7) is 0.834. The number of benzene rings is 2. The first-order valence-electron chi connectivity index (χ1n) is 10.6. The number of sulfonamides is 1. The first kappa shape index (κ1) is 27.7. The Morgan fingerprint density at radius 3 is 2.06 bits per heavy atom. The molecule has 8 nitrogen and oxygen atoms in total. The molecule has 0 atom stereocenters. The SMILES string of the molecule is O=[N+]([O-])c1cc(C(F)(F)F)c(N(CCBr)CCBr)c(S(=O)(=O)N2CCN(c3ccccc3)CC2)c1. The average molecular weight is 644 g/mol. The third kappa shape index (κ3) is 6.27. The van der Waals surface area contributed by atoms with Crippen molar-refractivity contribution in [3.8, 4) is 0 Å². The lowest BCUT2D eigenvalue weighted by atomic mass is 10.1. The summed E-state index contributed by atoms with van der Waals surface area (Å²) in [7, 11) is -4.49. The zero-order valence-electron chi connectivity index (χ0n) is 18.4. The highest BCUT2D eigenvalue weighted by atomic mass is 79.9. The summed E-state index contributed by atoms with van der Waals surface area (Å²) in [5, 5.41) is 12.0. The van der Waals surface area contributed by atoms with Crippen molar-refractivity contribution in [2.45, 2.75) is 11.1 Å². The van der Waals surface area contributed by atoms with E-state index in [2.05, 4.69) is 31.9 Å². The van der Waals surface area contributed by atoms with Crippen LogP contribution < -0.4 is 9.80 Å². The molecule has 35 heavy (non-hydrogen) atoms. The molecule has 0 saturated carbocycles. The molecule has 1 saturated heterocycles. The van der Waals surface area contributed by atoms with E-state index in [0.717, 1.165) is 16.1 Å². The Morgan fingerprint density at radius 2 is 1.57 bits per heavy atom. The van der Waals surface area contributed by atoms with Crippen molar-refractivity contribution in [2.75, 3.05) is 59.7 Å². The Labute approximate surface area is 218 Å². The van der Waals surface area contributed by atoms with E-state index in [9.17, 15) is 31.7 Å². The van der Waals surface area contributed by atoms with Crippen LogP contribution >= 0.6 is 31.9 Å². The molecule has 1 aliphatic heterocycles. The van der Waals surface area contributed by atoms with E-state index in [4.69, 9.17) is 0 Å². The van der Waals surface area contributed by atoms with E-state index in [1.807, 2.05) is 35.2 Å². The molecule has 0 aromatic heterocycles. The van der Waals surface area contributed by atoms with Gasteiger partial charge in [0.05, 0.1) is 16.2 Å². The minimum absolute atomic E-state index is 0.0254. The average Bonchev–Trinajstić information content (AvgIpc) is 2.83. The van der Waals surface area contributed by atoms with Gasteiger partial charge in [-0.2, -0.15) is 17.5 Å². The lowest BCUT2D eigenvalue weighted by Crippen LogP contribution is -2.49. The number of anilines is 2. The van der Waals surface area contributed by atoms with Crippen LogP contribution in [0.15, 0.2) is 47.4 Å². The quantitative estimate of drug-likeness (QED) is 0.223. The minimum atomic E-state index is -5.01. The first-order chi connectivity index (χ1) is 16.5. The van der Waals surface area contributed by atoms with Gasteiger partial charge in [-0.3, -0.25) is 10.1 Å². The number of piperazine rings is 1. The molecule has 3 rings (SSSR count). The highest BCUT2D eigenvalue weighted by Crippen LogP contribution is 2.44. The second-order valence-corrected chi connectivity index (χ2v) is 11.2. The molecule has 192 valence electrons. The number of nitro groups is 1. The number of rotatable bonds is 9. The maximum Gasteiger partial charge on any atom is 0.418 e. The predicted octanol–water partition coefficient (Wildman–Crippen LogP) is 4.72. The lowest BCUT2D eigenvalue weighted by Gasteiger charge is -2.36. The largest absolute Gasteiger partial charge is 0.418 e. The molecule has 1 heterocycles. The Bertz CT molecular complexity index is 1140.